The second-order valence-corrected chi connectivity index (χ2v) is 11.7. The van der Waals surface area contributed by atoms with E-state index in [-0.39, 0.29) is 24.2 Å². The first-order valence-corrected chi connectivity index (χ1v) is 14.3. The summed E-state index contributed by atoms with van der Waals surface area (Å²) in [6.07, 6.45) is 9.14. The Balaban J connectivity index is 1.22. The number of methoxy groups -OCH3 is 1. The van der Waals surface area contributed by atoms with E-state index in [2.05, 4.69) is 17.4 Å². The van der Waals surface area contributed by atoms with Crippen LogP contribution in [0.5, 0.6) is 11.5 Å². The Morgan fingerprint density at radius 2 is 1.63 bits per heavy atom. The largest absolute Gasteiger partial charge is 0.493 e. The van der Waals surface area contributed by atoms with Crippen LogP contribution < -0.4 is 19.7 Å². The summed E-state index contributed by atoms with van der Waals surface area (Å²) in [5.74, 6) is 1.05. The monoisotopic (exact) mass is 558 g/mol. The van der Waals surface area contributed by atoms with Crippen LogP contribution >= 0.6 is 0 Å². The van der Waals surface area contributed by atoms with Crippen molar-refractivity contribution in [2.24, 2.45) is 17.8 Å². The van der Waals surface area contributed by atoms with Crippen molar-refractivity contribution in [2.45, 2.75) is 50.9 Å². The van der Waals surface area contributed by atoms with E-state index in [1.165, 1.54) is 57.3 Å². The Hall–Kier alpha value is -4.14. The number of nitrogens with one attached hydrogen (secondary N) is 1. The van der Waals surface area contributed by atoms with Crippen molar-refractivity contribution in [2.75, 3.05) is 25.2 Å². The summed E-state index contributed by atoms with van der Waals surface area (Å²) in [7, 11) is 1.44. The first-order chi connectivity index (χ1) is 19.8. The van der Waals surface area contributed by atoms with E-state index in [0.29, 0.717) is 22.7 Å². The molecule has 4 aliphatic carbocycles. The number of benzene rings is 2. The Morgan fingerprint density at radius 1 is 0.976 bits per heavy atom. The zero-order valence-electron chi connectivity index (χ0n) is 23.3. The van der Waals surface area contributed by atoms with Crippen molar-refractivity contribution < 1.29 is 33.4 Å². The van der Waals surface area contributed by atoms with Gasteiger partial charge in [0, 0.05) is 0 Å². The van der Waals surface area contributed by atoms with E-state index in [9.17, 15) is 19.2 Å². The standard InChI is InChI=1S/C32H34N2O7/c1-3-40-28(35)18-41-26-9-4-19(14-27(26)39-2)13-25-29(36)33-31(38)34(30(25)37)24-7-5-23(6-8-24)32-15-20-10-21(16-32)12-22(11-20)17-32/h4-9,13-14,20-22H,3,10-12,15-18H2,1-2H3,(H,33,36,38)/b25-13+. The molecule has 7 rings (SSSR count). The van der Waals surface area contributed by atoms with E-state index in [1.807, 2.05) is 12.1 Å². The summed E-state index contributed by atoms with van der Waals surface area (Å²) in [5, 5.41) is 2.29. The Labute approximate surface area is 238 Å². The normalized spacial score (nSPS) is 27.7. The maximum atomic E-state index is 13.5. The van der Waals surface area contributed by atoms with Gasteiger partial charge < -0.3 is 14.2 Å². The number of hydrogen-bond donors (Lipinski definition) is 1. The second kappa shape index (κ2) is 10.7. The molecule has 5 aliphatic rings. The summed E-state index contributed by atoms with van der Waals surface area (Å²) >= 11 is 0. The summed E-state index contributed by atoms with van der Waals surface area (Å²) in [5.41, 5.74) is 2.20. The van der Waals surface area contributed by atoms with Gasteiger partial charge in [0.25, 0.3) is 11.8 Å². The number of anilines is 1. The van der Waals surface area contributed by atoms with Crippen molar-refractivity contribution in [3.8, 4) is 11.5 Å². The lowest BCUT2D eigenvalue weighted by Crippen LogP contribution is -2.54. The number of barbiturate groups is 1. The first-order valence-electron chi connectivity index (χ1n) is 14.3. The molecule has 0 unspecified atom stereocenters. The van der Waals surface area contributed by atoms with E-state index < -0.39 is 23.8 Å². The molecule has 1 aliphatic heterocycles. The zero-order chi connectivity index (χ0) is 28.7. The predicted octanol–water partition coefficient (Wildman–Crippen LogP) is 4.77. The number of urea groups is 1. The summed E-state index contributed by atoms with van der Waals surface area (Å²) in [6.45, 7) is 1.66. The number of imide groups is 2. The van der Waals surface area contributed by atoms with Crippen molar-refractivity contribution >= 4 is 35.6 Å². The summed E-state index contributed by atoms with van der Waals surface area (Å²) < 4.78 is 15.7. The van der Waals surface area contributed by atoms with Crippen LogP contribution in [0.2, 0.25) is 0 Å². The SMILES string of the molecule is CCOC(=O)COc1ccc(/C=C2\C(=O)NC(=O)N(c3ccc(C45CC6CC(CC(C6)C4)C5)cc3)C2=O)cc1OC. The highest BCUT2D eigenvalue weighted by Crippen LogP contribution is 2.60. The summed E-state index contributed by atoms with van der Waals surface area (Å²) in [6, 6.07) is 11.7. The number of ether oxygens (including phenoxy) is 3. The quantitative estimate of drug-likeness (QED) is 0.282. The van der Waals surface area contributed by atoms with Crippen LogP contribution in [-0.4, -0.2) is 44.1 Å². The molecule has 1 N–H and O–H groups in total. The van der Waals surface area contributed by atoms with Gasteiger partial charge >= 0.3 is 12.0 Å². The topological polar surface area (TPSA) is 111 Å². The number of hydrogen-bond acceptors (Lipinski definition) is 7. The molecule has 0 radical (unpaired) electrons. The fourth-order valence-corrected chi connectivity index (χ4v) is 7.72. The number of amides is 4. The van der Waals surface area contributed by atoms with Gasteiger partial charge in [0.05, 0.1) is 19.4 Å². The fourth-order valence-electron chi connectivity index (χ4n) is 7.72. The molecule has 4 bridgehead atoms. The van der Waals surface area contributed by atoms with Gasteiger partial charge in [-0.3, -0.25) is 14.9 Å². The smallest absolute Gasteiger partial charge is 0.344 e. The van der Waals surface area contributed by atoms with Crippen LogP contribution in [0.25, 0.3) is 6.08 Å². The fraction of sp³-hybridized carbons (Fsp3) is 0.438. The highest BCUT2D eigenvalue weighted by atomic mass is 16.6. The maximum Gasteiger partial charge on any atom is 0.344 e. The van der Waals surface area contributed by atoms with Crippen LogP contribution in [0, 0.1) is 17.8 Å². The lowest BCUT2D eigenvalue weighted by Gasteiger charge is -2.57. The molecule has 0 spiro atoms. The molecule has 1 saturated heterocycles. The zero-order valence-corrected chi connectivity index (χ0v) is 23.3. The molecular formula is C32H34N2O7. The number of nitrogens with zero attached hydrogens (tertiary/aromatic N) is 1. The van der Waals surface area contributed by atoms with Crippen LogP contribution in [0.1, 0.15) is 56.6 Å². The summed E-state index contributed by atoms with van der Waals surface area (Å²) in [4.78, 5) is 51.7. The number of esters is 1. The minimum atomic E-state index is -0.778. The predicted molar refractivity (Wildman–Crippen MR) is 150 cm³/mol. The molecule has 4 amide bonds. The van der Waals surface area contributed by atoms with Crippen molar-refractivity contribution in [1.29, 1.82) is 0 Å². The van der Waals surface area contributed by atoms with Crippen molar-refractivity contribution in [3.63, 3.8) is 0 Å². The Bertz CT molecular complexity index is 1390. The minimum absolute atomic E-state index is 0.183. The Kier molecular flexibility index (Phi) is 7.05. The molecule has 214 valence electrons. The van der Waals surface area contributed by atoms with Gasteiger partial charge in [0.2, 0.25) is 0 Å². The number of carbonyl (C=O) groups is 4. The molecule has 1 heterocycles. The highest BCUT2D eigenvalue weighted by Gasteiger charge is 2.51. The van der Waals surface area contributed by atoms with E-state index in [4.69, 9.17) is 14.2 Å². The first kappa shape index (κ1) is 27.1. The average molecular weight is 559 g/mol. The minimum Gasteiger partial charge on any atom is -0.493 e. The van der Waals surface area contributed by atoms with Gasteiger partial charge in [-0.25, -0.2) is 14.5 Å². The highest BCUT2D eigenvalue weighted by molar-refractivity contribution is 6.39. The van der Waals surface area contributed by atoms with E-state index in [1.54, 1.807) is 25.1 Å². The van der Waals surface area contributed by atoms with E-state index >= 15 is 0 Å². The average Bonchev–Trinajstić information content (AvgIpc) is 2.94. The molecule has 9 nitrogen and oxygen atoms in total. The number of rotatable bonds is 8. The number of carbonyl (C=O) groups excluding carboxylic acids is 4. The molecule has 0 aromatic heterocycles. The third-order valence-corrected chi connectivity index (χ3v) is 9.03. The molecule has 5 fully saturated rings. The van der Waals surface area contributed by atoms with Gasteiger partial charge in [-0.05, 0) is 110 Å². The molecule has 0 atom stereocenters. The molecule has 2 aromatic carbocycles. The molecular weight excluding hydrogens is 524 g/mol. The third kappa shape index (κ3) is 5.09. The van der Waals surface area contributed by atoms with Crippen LogP contribution in [0.4, 0.5) is 10.5 Å². The maximum absolute atomic E-state index is 13.5. The second-order valence-electron chi connectivity index (χ2n) is 11.7. The molecule has 4 saturated carbocycles. The Morgan fingerprint density at radius 3 is 2.24 bits per heavy atom. The molecule has 9 heteroatoms. The van der Waals surface area contributed by atoms with Gasteiger partial charge in [0.1, 0.15) is 5.57 Å². The van der Waals surface area contributed by atoms with Gasteiger partial charge in [0.15, 0.2) is 18.1 Å². The lowest BCUT2D eigenvalue weighted by atomic mass is 9.48. The molecule has 2 aromatic rings. The molecule has 41 heavy (non-hydrogen) atoms. The van der Waals surface area contributed by atoms with Gasteiger partial charge in [-0.15, -0.1) is 0 Å². The van der Waals surface area contributed by atoms with Crippen LogP contribution in [-0.2, 0) is 24.5 Å². The van der Waals surface area contributed by atoms with Gasteiger partial charge in [-0.2, -0.15) is 0 Å². The van der Waals surface area contributed by atoms with Crippen molar-refractivity contribution in [1.82, 2.24) is 5.32 Å². The van der Waals surface area contributed by atoms with Gasteiger partial charge in [-0.1, -0.05) is 18.2 Å². The van der Waals surface area contributed by atoms with E-state index in [0.717, 1.165) is 22.7 Å². The van der Waals surface area contributed by atoms with Crippen LogP contribution in [0.3, 0.4) is 0 Å². The third-order valence-electron chi connectivity index (χ3n) is 9.03. The lowest BCUT2D eigenvalue weighted by molar-refractivity contribution is -0.145. The van der Waals surface area contributed by atoms with Crippen molar-refractivity contribution in [3.05, 3.63) is 59.2 Å². The van der Waals surface area contributed by atoms with Crippen LogP contribution in [0.15, 0.2) is 48.0 Å².